The Bertz CT molecular complexity index is 478. The van der Waals surface area contributed by atoms with E-state index in [0.29, 0.717) is 18.1 Å². The zero-order valence-electron chi connectivity index (χ0n) is 8.02. The molecule has 5 heteroatoms. The first-order chi connectivity index (χ1) is 7.22. The minimum Gasteiger partial charge on any atom is -0.383 e. The van der Waals surface area contributed by atoms with E-state index in [4.69, 9.17) is 11.5 Å². The lowest BCUT2D eigenvalue weighted by Crippen LogP contribution is -2.05. The van der Waals surface area contributed by atoms with Crippen molar-refractivity contribution in [3.8, 4) is 5.69 Å². The maximum Gasteiger partial charge on any atom is 0.131 e. The van der Waals surface area contributed by atoms with Crippen LogP contribution in [-0.4, -0.2) is 9.78 Å². The van der Waals surface area contributed by atoms with Crippen molar-refractivity contribution in [3.05, 3.63) is 41.8 Å². The summed E-state index contributed by atoms with van der Waals surface area (Å²) in [5.41, 5.74) is 12.6. The third-order valence-corrected chi connectivity index (χ3v) is 2.16. The lowest BCUT2D eigenvalue weighted by molar-refractivity contribution is 0.625. The molecule has 0 aliphatic carbocycles. The van der Waals surface area contributed by atoms with E-state index < -0.39 is 0 Å². The summed E-state index contributed by atoms with van der Waals surface area (Å²) in [6.45, 7) is 0.321. The van der Waals surface area contributed by atoms with Crippen LogP contribution in [0.1, 0.15) is 5.56 Å². The van der Waals surface area contributed by atoms with Gasteiger partial charge in [-0.15, -0.1) is 0 Å². The molecule has 0 amide bonds. The van der Waals surface area contributed by atoms with Gasteiger partial charge in [-0.05, 0) is 18.2 Å². The topological polar surface area (TPSA) is 69.9 Å². The summed E-state index contributed by atoms with van der Waals surface area (Å²) >= 11 is 0. The van der Waals surface area contributed by atoms with Crippen molar-refractivity contribution in [2.45, 2.75) is 6.54 Å². The van der Waals surface area contributed by atoms with Crippen LogP contribution in [0.4, 0.5) is 10.2 Å². The fourth-order valence-electron chi connectivity index (χ4n) is 1.36. The highest BCUT2D eigenvalue weighted by atomic mass is 19.1. The number of rotatable bonds is 2. The number of nitrogens with zero attached hydrogens (tertiary/aromatic N) is 2. The molecule has 4 nitrogen and oxygen atoms in total. The first-order valence-electron chi connectivity index (χ1n) is 4.50. The smallest absolute Gasteiger partial charge is 0.131 e. The van der Waals surface area contributed by atoms with Gasteiger partial charge in [-0.3, -0.25) is 0 Å². The van der Waals surface area contributed by atoms with Crippen molar-refractivity contribution in [2.24, 2.45) is 5.73 Å². The van der Waals surface area contributed by atoms with Gasteiger partial charge in [0.2, 0.25) is 0 Å². The van der Waals surface area contributed by atoms with Crippen LogP contribution >= 0.6 is 0 Å². The first-order valence-corrected chi connectivity index (χ1v) is 4.50. The van der Waals surface area contributed by atoms with Crippen LogP contribution < -0.4 is 11.5 Å². The summed E-state index contributed by atoms with van der Waals surface area (Å²) in [7, 11) is 0. The SMILES string of the molecule is NCc1cnn(-c2cccc(F)c2)c1N. The van der Waals surface area contributed by atoms with E-state index in [0.717, 1.165) is 5.56 Å². The molecule has 2 rings (SSSR count). The highest BCUT2D eigenvalue weighted by Crippen LogP contribution is 2.16. The highest BCUT2D eigenvalue weighted by Gasteiger charge is 2.07. The molecule has 0 aliphatic heterocycles. The summed E-state index contributed by atoms with van der Waals surface area (Å²) in [6.07, 6.45) is 1.58. The molecule has 0 radical (unpaired) electrons. The molecular weight excluding hydrogens is 195 g/mol. The Morgan fingerprint density at radius 1 is 1.40 bits per heavy atom. The second kappa shape index (κ2) is 3.70. The van der Waals surface area contributed by atoms with Crippen molar-refractivity contribution in [2.75, 3.05) is 5.73 Å². The molecule has 0 spiro atoms. The van der Waals surface area contributed by atoms with Crippen molar-refractivity contribution in [3.63, 3.8) is 0 Å². The third-order valence-electron chi connectivity index (χ3n) is 2.16. The average molecular weight is 206 g/mol. The van der Waals surface area contributed by atoms with Crippen molar-refractivity contribution in [1.82, 2.24) is 9.78 Å². The Hall–Kier alpha value is -1.88. The number of benzene rings is 1. The van der Waals surface area contributed by atoms with E-state index >= 15 is 0 Å². The number of nitrogens with two attached hydrogens (primary N) is 2. The fraction of sp³-hybridized carbons (Fsp3) is 0.100. The average Bonchev–Trinajstić information content (AvgIpc) is 2.59. The van der Waals surface area contributed by atoms with E-state index in [2.05, 4.69) is 5.10 Å². The number of aromatic nitrogens is 2. The number of halogens is 1. The molecule has 15 heavy (non-hydrogen) atoms. The van der Waals surface area contributed by atoms with Crippen LogP contribution in [0.2, 0.25) is 0 Å². The highest BCUT2D eigenvalue weighted by molar-refractivity contribution is 5.46. The monoisotopic (exact) mass is 206 g/mol. The number of nitrogen functional groups attached to an aromatic ring is 1. The summed E-state index contributed by atoms with van der Waals surface area (Å²) in [6, 6.07) is 6.07. The van der Waals surface area contributed by atoms with Crippen LogP contribution in [0.5, 0.6) is 0 Å². The fourth-order valence-corrected chi connectivity index (χ4v) is 1.36. The van der Waals surface area contributed by atoms with Gasteiger partial charge in [-0.2, -0.15) is 5.10 Å². The van der Waals surface area contributed by atoms with Gasteiger partial charge in [0.1, 0.15) is 11.6 Å². The molecule has 78 valence electrons. The van der Waals surface area contributed by atoms with E-state index in [1.54, 1.807) is 18.3 Å². The first kappa shape index (κ1) is 9.67. The van der Waals surface area contributed by atoms with Gasteiger partial charge < -0.3 is 11.5 Å². The molecule has 0 fully saturated rings. The minimum atomic E-state index is -0.323. The molecule has 0 unspecified atom stereocenters. The molecule has 1 aromatic carbocycles. The standard InChI is InChI=1S/C10H11FN4/c11-8-2-1-3-9(4-8)15-10(13)7(5-12)6-14-15/h1-4,6H,5,12-13H2. The molecule has 4 N–H and O–H groups in total. The molecule has 0 saturated heterocycles. The van der Waals surface area contributed by atoms with Crippen molar-refractivity contribution >= 4 is 5.82 Å². The van der Waals surface area contributed by atoms with Crippen LogP contribution in [0.3, 0.4) is 0 Å². The Labute approximate surface area is 86.3 Å². The third kappa shape index (κ3) is 1.69. The van der Waals surface area contributed by atoms with Crippen LogP contribution in [0.15, 0.2) is 30.5 Å². The van der Waals surface area contributed by atoms with Gasteiger partial charge in [-0.25, -0.2) is 9.07 Å². The minimum absolute atomic E-state index is 0.321. The summed E-state index contributed by atoms with van der Waals surface area (Å²) in [5, 5.41) is 4.04. The van der Waals surface area contributed by atoms with Crippen molar-refractivity contribution < 1.29 is 4.39 Å². The normalized spacial score (nSPS) is 10.5. The maximum atomic E-state index is 13.0. The second-order valence-electron chi connectivity index (χ2n) is 3.15. The summed E-state index contributed by atoms with van der Waals surface area (Å²) < 4.78 is 14.4. The van der Waals surface area contributed by atoms with E-state index in [-0.39, 0.29) is 5.82 Å². The van der Waals surface area contributed by atoms with E-state index in [1.165, 1.54) is 16.8 Å². The number of hydrogen-bond donors (Lipinski definition) is 2. The molecule has 0 bridgehead atoms. The van der Waals surface area contributed by atoms with Gasteiger partial charge in [0.25, 0.3) is 0 Å². The Morgan fingerprint density at radius 3 is 2.80 bits per heavy atom. The molecule has 0 atom stereocenters. The van der Waals surface area contributed by atoms with Gasteiger partial charge in [0, 0.05) is 12.1 Å². The number of anilines is 1. The van der Waals surface area contributed by atoms with Crippen molar-refractivity contribution in [1.29, 1.82) is 0 Å². The molecule has 0 aliphatic rings. The van der Waals surface area contributed by atoms with Gasteiger partial charge in [0.05, 0.1) is 11.9 Å². The van der Waals surface area contributed by atoms with Gasteiger partial charge in [-0.1, -0.05) is 6.07 Å². The van der Waals surface area contributed by atoms with E-state index in [1.807, 2.05) is 0 Å². The Morgan fingerprint density at radius 2 is 2.20 bits per heavy atom. The molecule has 0 saturated carbocycles. The van der Waals surface area contributed by atoms with Crippen LogP contribution in [0, 0.1) is 5.82 Å². The summed E-state index contributed by atoms with van der Waals surface area (Å²) in [5.74, 6) is 0.125. The van der Waals surface area contributed by atoms with Gasteiger partial charge in [0.15, 0.2) is 0 Å². The maximum absolute atomic E-state index is 13.0. The van der Waals surface area contributed by atoms with E-state index in [9.17, 15) is 4.39 Å². The quantitative estimate of drug-likeness (QED) is 0.771. The summed E-state index contributed by atoms with van der Waals surface area (Å²) in [4.78, 5) is 0. The largest absolute Gasteiger partial charge is 0.383 e. The predicted molar refractivity (Wildman–Crippen MR) is 55.8 cm³/mol. The molecule has 2 aromatic rings. The number of hydrogen-bond acceptors (Lipinski definition) is 3. The molecule has 1 heterocycles. The zero-order valence-corrected chi connectivity index (χ0v) is 8.02. The predicted octanol–water partition coefficient (Wildman–Crippen LogP) is 1.05. The Balaban J connectivity index is 2.49. The molecular formula is C10H11FN4. The lowest BCUT2D eigenvalue weighted by Gasteiger charge is -2.04. The lowest BCUT2D eigenvalue weighted by atomic mass is 10.3. The Kier molecular flexibility index (Phi) is 2.39. The molecule has 1 aromatic heterocycles. The zero-order chi connectivity index (χ0) is 10.8. The van der Waals surface area contributed by atoms with Gasteiger partial charge >= 0.3 is 0 Å². The van der Waals surface area contributed by atoms with Crippen LogP contribution in [-0.2, 0) is 6.54 Å². The van der Waals surface area contributed by atoms with Crippen LogP contribution in [0.25, 0.3) is 5.69 Å². The second-order valence-corrected chi connectivity index (χ2v) is 3.15.